The smallest absolute Gasteiger partial charge is 0.433 e. The molecule has 0 atom stereocenters. The van der Waals surface area contributed by atoms with Crippen molar-refractivity contribution in [2.75, 3.05) is 5.32 Å². The zero-order valence-electron chi connectivity index (χ0n) is 15.4. The molecule has 0 bridgehead atoms. The molecule has 0 fully saturated rings. The number of carbonyl (C=O) groups excluding carboxylic acids is 1. The predicted molar refractivity (Wildman–Crippen MR) is 105 cm³/mol. The normalized spacial score (nSPS) is 11.3. The third kappa shape index (κ3) is 4.22. The molecule has 1 amide bonds. The monoisotopic (exact) mass is 409 g/mol. The number of amides is 1. The van der Waals surface area contributed by atoms with E-state index in [9.17, 15) is 18.0 Å². The first kappa shape index (κ1) is 19.4. The summed E-state index contributed by atoms with van der Waals surface area (Å²) in [6.45, 7) is 0. The van der Waals surface area contributed by atoms with Crippen molar-refractivity contribution < 1.29 is 22.7 Å². The van der Waals surface area contributed by atoms with Crippen LogP contribution >= 0.6 is 0 Å². The molecule has 0 unspecified atom stereocenters. The number of nitrogens with one attached hydrogen (secondary N) is 1. The Morgan fingerprint density at radius 3 is 2.43 bits per heavy atom. The Hall–Kier alpha value is -3.94. The summed E-state index contributed by atoms with van der Waals surface area (Å²) in [5, 5.41) is 3.24. The van der Waals surface area contributed by atoms with Gasteiger partial charge >= 0.3 is 6.18 Å². The highest BCUT2D eigenvalue weighted by molar-refractivity contribution is 6.06. The van der Waals surface area contributed by atoms with Gasteiger partial charge in [-0.15, -0.1) is 0 Å². The lowest BCUT2D eigenvalue weighted by Crippen LogP contribution is -2.13. The van der Waals surface area contributed by atoms with Crippen molar-refractivity contribution in [1.82, 2.24) is 9.97 Å². The summed E-state index contributed by atoms with van der Waals surface area (Å²) in [6.07, 6.45) is -2.00. The fraction of sp³-hybridized carbons (Fsp3) is 0.0455. The minimum absolute atomic E-state index is 0.155. The first-order chi connectivity index (χ1) is 14.4. The Morgan fingerprint density at radius 1 is 0.933 bits per heavy atom. The first-order valence-electron chi connectivity index (χ1n) is 8.86. The van der Waals surface area contributed by atoms with E-state index >= 15 is 0 Å². The second-order valence-corrected chi connectivity index (χ2v) is 6.34. The average Bonchev–Trinajstić information content (AvgIpc) is 2.74. The van der Waals surface area contributed by atoms with Gasteiger partial charge in [-0.2, -0.15) is 13.2 Å². The number of para-hydroxylation sites is 1. The van der Waals surface area contributed by atoms with Crippen LogP contribution in [-0.2, 0) is 6.18 Å². The number of nitrogens with zero attached hydrogens (tertiary/aromatic N) is 2. The minimum Gasteiger partial charge on any atom is -0.457 e. The molecule has 0 spiro atoms. The standard InChI is InChI=1S/C22H14F3N3O2/c23-22(24,25)20-9-7-15(13-27-20)28-21(29)14-6-8-17-18(12-14)26-11-10-19(17)30-16-4-2-1-3-5-16/h1-13H,(H,28,29). The molecule has 30 heavy (non-hydrogen) atoms. The minimum atomic E-state index is -4.54. The summed E-state index contributed by atoms with van der Waals surface area (Å²) in [5.74, 6) is 0.765. The Balaban J connectivity index is 1.55. The number of rotatable bonds is 4. The summed E-state index contributed by atoms with van der Waals surface area (Å²) in [4.78, 5) is 20.1. The number of aromatic nitrogens is 2. The van der Waals surface area contributed by atoms with E-state index < -0.39 is 17.8 Å². The van der Waals surface area contributed by atoms with Crippen molar-refractivity contribution in [3.05, 3.63) is 90.4 Å². The summed E-state index contributed by atoms with van der Waals surface area (Å²) in [5.41, 5.74) is -0.0306. The van der Waals surface area contributed by atoms with Crippen LogP contribution in [0.25, 0.3) is 10.9 Å². The molecule has 0 aliphatic carbocycles. The maximum atomic E-state index is 12.6. The average molecular weight is 409 g/mol. The van der Waals surface area contributed by atoms with Crippen LogP contribution in [0.5, 0.6) is 11.5 Å². The number of halogens is 3. The number of fused-ring (bicyclic) bond motifs is 1. The highest BCUT2D eigenvalue weighted by Gasteiger charge is 2.32. The van der Waals surface area contributed by atoms with E-state index in [-0.39, 0.29) is 5.69 Å². The Bertz CT molecular complexity index is 1190. The lowest BCUT2D eigenvalue weighted by Gasteiger charge is -2.10. The summed E-state index contributed by atoms with van der Waals surface area (Å²) >= 11 is 0. The van der Waals surface area contributed by atoms with E-state index in [1.165, 1.54) is 0 Å². The number of anilines is 1. The fourth-order valence-corrected chi connectivity index (χ4v) is 2.81. The number of hydrogen-bond acceptors (Lipinski definition) is 4. The van der Waals surface area contributed by atoms with Crippen LogP contribution in [0.1, 0.15) is 16.1 Å². The van der Waals surface area contributed by atoms with Crippen molar-refractivity contribution in [2.45, 2.75) is 6.18 Å². The lowest BCUT2D eigenvalue weighted by molar-refractivity contribution is -0.141. The van der Waals surface area contributed by atoms with Crippen LogP contribution in [0.15, 0.2) is 79.1 Å². The van der Waals surface area contributed by atoms with Gasteiger partial charge in [-0.05, 0) is 48.5 Å². The van der Waals surface area contributed by atoms with Crippen molar-refractivity contribution in [3.8, 4) is 11.5 Å². The molecule has 2 heterocycles. The maximum Gasteiger partial charge on any atom is 0.433 e. The van der Waals surface area contributed by atoms with Gasteiger partial charge in [-0.25, -0.2) is 4.98 Å². The second kappa shape index (κ2) is 7.82. The Labute approximate surface area is 169 Å². The lowest BCUT2D eigenvalue weighted by atomic mass is 10.1. The molecule has 0 aliphatic heterocycles. The van der Waals surface area contributed by atoms with Crippen molar-refractivity contribution in [3.63, 3.8) is 0 Å². The number of benzene rings is 2. The molecule has 0 saturated heterocycles. The second-order valence-electron chi connectivity index (χ2n) is 6.34. The fourth-order valence-electron chi connectivity index (χ4n) is 2.81. The molecule has 0 saturated carbocycles. The van der Waals surface area contributed by atoms with E-state index in [1.807, 2.05) is 30.3 Å². The predicted octanol–water partition coefficient (Wildman–Crippen LogP) is 5.69. The Morgan fingerprint density at radius 2 is 1.73 bits per heavy atom. The highest BCUT2D eigenvalue weighted by atomic mass is 19.4. The molecule has 4 aromatic rings. The van der Waals surface area contributed by atoms with Gasteiger partial charge in [-0.3, -0.25) is 9.78 Å². The largest absolute Gasteiger partial charge is 0.457 e. The third-order valence-electron chi connectivity index (χ3n) is 4.25. The van der Waals surface area contributed by atoms with Crippen LogP contribution in [-0.4, -0.2) is 15.9 Å². The van der Waals surface area contributed by atoms with Crippen molar-refractivity contribution >= 4 is 22.5 Å². The topological polar surface area (TPSA) is 64.1 Å². The number of alkyl halides is 3. The Kier molecular flexibility index (Phi) is 5.05. The maximum absolute atomic E-state index is 12.6. The summed E-state index contributed by atoms with van der Waals surface area (Å²) in [6, 6.07) is 17.8. The molecule has 0 radical (unpaired) electrons. The van der Waals surface area contributed by atoms with E-state index in [2.05, 4.69) is 15.3 Å². The molecule has 2 aromatic heterocycles. The molecule has 2 aromatic carbocycles. The summed E-state index contributed by atoms with van der Waals surface area (Å²) in [7, 11) is 0. The van der Waals surface area contributed by atoms with Gasteiger partial charge in [-0.1, -0.05) is 18.2 Å². The van der Waals surface area contributed by atoms with Crippen molar-refractivity contribution in [2.24, 2.45) is 0 Å². The first-order valence-corrected chi connectivity index (χ1v) is 8.86. The SMILES string of the molecule is O=C(Nc1ccc(C(F)(F)F)nc1)c1ccc2c(Oc3ccccc3)ccnc2c1. The van der Waals surface area contributed by atoms with Crippen LogP contribution < -0.4 is 10.1 Å². The van der Waals surface area contributed by atoms with Gasteiger partial charge in [0.15, 0.2) is 0 Å². The summed E-state index contributed by atoms with van der Waals surface area (Å²) < 4.78 is 43.7. The molecule has 0 aliphatic rings. The van der Waals surface area contributed by atoms with Gasteiger partial charge in [0, 0.05) is 17.1 Å². The molecule has 4 rings (SSSR count). The third-order valence-corrected chi connectivity index (χ3v) is 4.25. The molecule has 8 heteroatoms. The number of carbonyl (C=O) groups is 1. The van der Waals surface area contributed by atoms with E-state index in [0.29, 0.717) is 28.0 Å². The number of ether oxygens (including phenoxy) is 1. The van der Waals surface area contributed by atoms with Crippen molar-refractivity contribution in [1.29, 1.82) is 0 Å². The zero-order chi connectivity index (χ0) is 21.1. The molecule has 5 nitrogen and oxygen atoms in total. The van der Waals surface area contributed by atoms with Crippen LogP contribution in [0.3, 0.4) is 0 Å². The number of pyridine rings is 2. The van der Waals surface area contributed by atoms with E-state index in [0.717, 1.165) is 18.3 Å². The van der Waals surface area contributed by atoms with Gasteiger partial charge in [0.05, 0.1) is 17.4 Å². The quantitative estimate of drug-likeness (QED) is 0.470. The molecular weight excluding hydrogens is 395 g/mol. The number of hydrogen-bond donors (Lipinski definition) is 1. The van der Waals surface area contributed by atoms with Gasteiger partial charge in [0.25, 0.3) is 5.91 Å². The van der Waals surface area contributed by atoms with Crippen LogP contribution in [0.2, 0.25) is 0 Å². The molecule has 150 valence electrons. The van der Waals surface area contributed by atoms with E-state index in [4.69, 9.17) is 4.74 Å². The zero-order valence-corrected chi connectivity index (χ0v) is 15.4. The molecule has 1 N–H and O–H groups in total. The van der Waals surface area contributed by atoms with E-state index in [1.54, 1.807) is 30.5 Å². The van der Waals surface area contributed by atoms with Gasteiger partial charge in [0.2, 0.25) is 0 Å². The molecular formula is C22H14F3N3O2. The van der Waals surface area contributed by atoms with Gasteiger partial charge < -0.3 is 10.1 Å². The van der Waals surface area contributed by atoms with Crippen LogP contribution in [0.4, 0.5) is 18.9 Å². The van der Waals surface area contributed by atoms with Crippen LogP contribution in [0, 0.1) is 0 Å². The highest BCUT2D eigenvalue weighted by Crippen LogP contribution is 2.30. The van der Waals surface area contributed by atoms with Gasteiger partial charge in [0.1, 0.15) is 17.2 Å².